The summed E-state index contributed by atoms with van der Waals surface area (Å²) in [5.41, 5.74) is -0.438. The molecular formula is C10H8F3N3S. The highest BCUT2D eigenvalue weighted by molar-refractivity contribution is 7.09. The van der Waals surface area contributed by atoms with Gasteiger partial charge in [0.2, 0.25) is 5.13 Å². The zero-order chi connectivity index (χ0) is 12.3. The predicted octanol–water partition coefficient (Wildman–Crippen LogP) is 3.17. The first-order valence-electron chi connectivity index (χ1n) is 4.73. The van der Waals surface area contributed by atoms with Crippen LogP contribution in [-0.2, 0) is 12.7 Å². The van der Waals surface area contributed by atoms with Crippen LogP contribution in [-0.4, -0.2) is 9.36 Å². The molecule has 1 aromatic carbocycles. The summed E-state index contributed by atoms with van der Waals surface area (Å²) in [5.74, 6) is 0. The van der Waals surface area contributed by atoms with Gasteiger partial charge in [-0.3, -0.25) is 0 Å². The van der Waals surface area contributed by atoms with Gasteiger partial charge in [0.1, 0.15) is 6.33 Å². The van der Waals surface area contributed by atoms with Crippen LogP contribution in [0.4, 0.5) is 18.3 Å². The second-order valence-electron chi connectivity index (χ2n) is 3.25. The van der Waals surface area contributed by atoms with Gasteiger partial charge in [-0.15, -0.1) is 0 Å². The topological polar surface area (TPSA) is 37.8 Å². The van der Waals surface area contributed by atoms with E-state index in [9.17, 15) is 13.2 Å². The molecule has 0 bridgehead atoms. The van der Waals surface area contributed by atoms with Crippen LogP contribution in [0.5, 0.6) is 0 Å². The number of hydrogen-bond donors (Lipinski definition) is 1. The Hall–Kier alpha value is -1.63. The Morgan fingerprint density at radius 2 is 2.00 bits per heavy atom. The van der Waals surface area contributed by atoms with E-state index in [4.69, 9.17) is 0 Å². The summed E-state index contributed by atoms with van der Waals surface area (Å²) in [6.45, 7) is 0.0743. The molecule has 0 atom stereocenters. The molecule has 1 heterocycles. The second kappa shape index (κ2) is 4.70. The number of halogens is 3. The Morgan fingerprint density at radius 3 is 2.65 bits per heavy atom. The summed E-state index contributed by atoms with van der Waals surface area (Å²) >= 11 is 1.10. The van der Waals surface area contributed by atoms with E-state index in [1.54, 1.807) is 6.07 Å². The summed E-state index contributed by atoms with van der Waals surface area (Å²) in [6.07, 6.45) is -2.98. The Labute approximate surface area is 99.5 Å². The summed E-state index contributed by atoms with van der Waals surface area (Å²) in [4.78, 5) is 3.84. The van der Waals surface area contributed by atoms with E-state index in [0.717, 1.165) is 17.6 Å². The lowest BCUT2D eigenvalue weighted by Gasteiger charge is -2.12. The average molecular weight is 259 g/mol. The number of rotatable bonds is 3. The molecule has 17 heavy (non-hydrogen) atoms. The lowest BCUT2D eigenvalue weighted by Crippen LogP contribution is -2.11. The standard InChI is InChI=1S/C10H8F3N3S/c11-10(12,13)8-4-2-1-3-7(8)5-14-9-15-6-16-17-9/h1-4,6H,5H2,(H,14,15,16). The summed E-state index contributed by atoms with van der Waals surface area (Å²) in [6, 6.07) is 5.46. The van der Waals surface area contributed by atoms with Crippen LogP contribution in [0, 0.1) is 0 Å². The summed E-state index contributed by atoms with van der Waals surface area (Å²) in [5, 5.41) is 3.30. The quantitative estimate of drug-likeness (QED) is 0.920. The lowest BCUT2D eigenvalue weighted by atomic mass is 10.1. The average Bonchev–Trinajstić information content (AvgIpc) is 2.78. The highest BCUT2D eigenvalue weighted by Gasteiger charge is 2.32. The molecule has 0 aliphatic heterocycles. The molecule has 7 heteroatoms. The Bertz CT molecular complexity index is 482. The Balaban J connectivity index is 2.16. The molecule has 1 N–H and O–H groups in total. The monoisotopic (exact) mass is 259 g/mol. The molecule has 0 unspecified atom stereocenters. The van der Waals surface area contributed by atoms with Gasteiger partial charge in [-0.2, -0.15) is 17.5 Å². The van der Waals surface area contributed by atoms with Crippen molar-refractivity contribution in [1.29, 1.82) is 0 Å². The van der Waals surface area contributed by atoms with Gasteiger partial charge in [-0.1, -0.05) is 18.2 Å². The molecule has 3 nitrogen and oxygen atoms in total. The van der Waals surface area contributed by atoms with Crippen molar-refractivity contribution in [2.45, 2.75) is 12.7 Å². The molecule has 0 spiro atoms. The highest BCUT2D eigenvalue weighted by atomic mass is 32.1. The van der Waals surface area contributed by atoms with Gasteiger partial charge in [0.15, 0.2) is 0 Å². The smallest absolute Gasteiger partial charge is 0.356 e. The van der Waals surface area contributed by atoms with Crippen LogP contribution in [0.1, 0.15) is 11.1 Å². The van der Waals surface area contributed by atoms with E-state index in [1.165, 1.54) is 18.5 Å². The van der Waals surface area contributed by atoms with Crippen molar-refractivity contribution in [1.82, 2.24) is 9.36 Å². The van der Waals surface area contributed by atoms with Crippen molar-refractivity contribution in [2.24, 2.45) is 0 Å². The van der Waals surface area contributed by atoms with Crippen LogP contribution in [0.3, 0.4) is 0 Å². The van der Waals surface area contributed by atoms with Crippen molar-refractivity contribution in [2.75, 3.05) is 5.32 Å². The maximum atomic E-state index is 12.7. The van der Waals surface area contributed by atoms with Crippen molar-refractivity contribution in [3.8, 4) is 0 Å². The van der Waals surface area contributed by atoms with Crippen LogP contribution in [0.15, 0.2) is 30.6 Å². The van der Waals surface area contributed by atoms with Crippen LogP contribution in [0.2, 0.25) is 0 Å². The van der Waals surface area contributed by atoms with Crippen molar-refractivity contribution in [3.63, 3.8) is 0 Å². The van der Waals surface area contributed by atoms with E-state index in [1.807, 2.05) is 0 Å². The minimum absolute atomic E-state index is 0.0743. The minimum atomic E-state index is -4.33. The van der Waals surface area contributed by atoms with E-state index < -0.39 is 11.7 Å². The maximum absolute atomic E-state index is 12.7. The molecule has 0 aliphatic rings. The molecule has 0 amide bonds. The van der Waals surface area contributed by atoms with Gasteiger partial charge in [-0.05, 0) is 11.6 Å². The first-order chi connectivity index (χ1) is 8.07. The Morgan fingerprint density at radius 1 is 1.24 bits per heavy atom. The van der Waals surface area contributed by atoms with Gasteiger partial charge < -0.3 is 5.32 Å². The molecule has 0 radical (unpaired) electrons. The molecule has 1 aromatic heterocycles. The van der Waals surface area contributed by atoms with Crippen molar-refractivity contribution >= 4 is 16.7 Å². The second-order valence-corrected chi connectivity index (χ2v) is 4.03. The van der Waals surface area contributed by atoms with Gasteiger partial charge in [-0.25, -0.2) is 4.98 Å². The molecule has 2 aromatic rings. The minimum Gasteiger partial charge on any atom is -0.356 e. The third-order valence-electron chi connectivity index (χ3n) is 2.11. The lowest BCUT2D eigenvalue weighted by molar-refractivity contribution is -0.138. The zero-order valence-electron chi connectivity index (χ0n) is 8.53. The molecule has 0 aliphatic carbocycles. The number of nitrogens with zero attached hydrogens (tertiary/aromatic N) is 2. The SMILES string of the molecule is FC(F)(F)c1ccccc1CNc1ncns1. The van der Waals surface area contributed by atoms with Gasteiger partial charge in [0.25, 0.3) is 0 Å². The molecule has 0 saturated heterocycles. The van der Waals surface area contributed by atoms with Gasteiger partial charge >= 0.3 is 6.18 Å². The number of benzene rings is 1. The van der Waals surface area contributed by atoms with Crippen molar-refractivity contribution < 1.29 is 13.2 Å². The fourth-order valence-corrected chi connectivity index (χ4v) is 1.80. The fraction of sp³-hybridized carbons (Fsp3) is 0.200. The van der Waals surface area contributed by atoms with Crippen LogP contribution >= 0.6 is 11.5 Å². The number of alkyl halides is 3. The van der Waals surface area contributed by atoms with E-state index in [0.29, 0.717) is 5.13 Å². The van der Waals surface area contributed by atoms with E-state index in [-0.39, 0.29) is 12.1 Å². The third kappa shape index (κ3) is 2.94. The first-order valence-corrected chi connectivity index (χ1v) is 5.50. The number of nitrogens with one attached hydrogen (secondary N) is 1. The van der Waals surface area contributed by atoms with Gasteiger partial charge in [0, 0.05) is 18.1 Å². The molecule has 0 fully saturated rings. The third-order valence-corrected chi connectivity index (χ3v) is 2.74. The van der Waals surface area contributed by atoms with Gasteiger partial charge in [0.05, 0.1) is 5.56 Å². The number of aromatic nitrogens is 2. The number of anilines is 1. The first kappa shape index (κ1) is 11.8. The van der Waals surface area contributed by atoms with Crippen LogP contribution in [0.25, 0.3) is 0 Å². The molecule has 90 valence electrons. The molecule has 0 saturated carbocycles. The predicted molar refractivity (Wildman–Crippen MR) is 58.7 cm³/mol. The Kier molecular flexibility index (Phi) is 3.28. The number of hydrogen-bond acceptors (Lipinski definition) is 4. The largest absolute Gasteiger partial charge is 0.416 e. The molecule has 2 rings (SSSR count). The summed E-state index contributed by atoms with van der Waals surface area (Å²) < 4.78 is 41.7. The normalized spacial score (nSPS) is 11.5. The van der Waals surface area contributed by atoms with E-state index >= 15 is 0 Å². The van der Waals surface area contributed by atoms with Crippen molar-refractivity contribution in [3.05, 3.63) is 41.7 Å². The zero-order valence-corrected chi connectivity index (χ0v) is 9.35. The highest BCUT2D eigenvalue weighted by Crippen LogP contribution is 2.32. The maximum Gasteiger partial charge on any atom is 0.416 e. The van der Waals surface area contributed by atoms with E-state index in [2.05, 4.69) is 14.7 Å². The molecular weight excluding hydrogens is 251 g/mol. The summed E-state index contributed by atoms with van der Waals surface area (Å²) in [7, 11) is 0. The van der Waals surface area contributed by atoms with Crippen LogP contribution < -0.4 is 5.32 Å². The fourth-order valence-electron chi connectivity index (χ4n) is 1.37.